The molecule has 0 fully saturated rings. The molecule has 0 aromatic carbocycles. The van der Waals surface area contributed by atoms with E-state index >= 15 is 0 Å². The molecular weight excluding hydrogens is 224 g/mol. The predicted molar refractivity (Wildman–Crippen MR) is 62.2 cm³/mol. The van der Waals surface area contributed by atoms with Crippen molar-refractivity contribution in [1.29, 1.82) is 0 Å². The van der Waals surface area contributed by atoms with Gasteiger partial charge in [-0.05, 0) is 25.6 Å². The van der Waals surface area contributed by atoms with Crippen LogP contribution in [0, 0.1) is 6.92 Å². The van der Waals surface area contributed by atoms with E-state index in [9.17, 15) is 0 Å². The molecule has 2 N–H and O–H groups in total. The molecule has 0 aliphatic carbocycles. The zero-order valence-electron chi connectivity index (χ0n) is 9.51. The number of nitrogen functional groups attached to an aromatic ring is 1. The van der Waals surface area contributed by atoms with Crippen LogP contribution in [0.3, 0.4) is 0 Å². The molecule has 16 heavy (non-hydrogen) atoms. The first-order valence-corrected chi connectivity index (χ1v) is 5.79. The van der Waals surface area contributed by atoms with Crippen molar-refractivity contribution >= 4 is 17.4 Å². The van der Waals surface area contributed by atoms with Crippen LogP contribution >= 0.6 is 11.8 Å². The Bertz CT molecular complexity index is 500. The lowest BCUT2D eigenvalue weighted by Crippen LogP contribution is -2.00. The Hall–Kier alpha value is -1.50. The van der Waals surface area contributed by atoms with Gasteiger partial charge in [0, 0.05) is 13.6 Å². The van der Waals surface area contributed by atoms with Crippen LogP contribution in [0.2, 0.25) is 0 Å². The molecule has 6 nitrogen and oxygen atoms in total. The maximum Gasteiger partial charge on any atom is 0.197 e. The van der Waals surface area contributed by atoms with E-state index in [1.54, 1.807) is 6.33 Å². The van der Waals surface area contributed by atoms with Gasteiger partial charge in [0.2, 0.25) is 0 Å². The van der Waals surface area contributed by atoms with Gasteiger partial charge in [0.15, 0.2) is 5.16 Å². The highest BCUT2D eigenvalue weighted by atomic mass is 32.2. The number of aromatic nitrogens is 5. The zero-order valence-corrected chi connectivity index (χ0v) is 10.3. The molecule has 2 rings (SSSR count). The third kappa shape index (κ3) is 1.78. The summed E-state index contributed by atoms with van der Waals surface area (Å²) in [4.78, 5) is 0. The monoisotopic (exact) mass is 238 g/mol. The Kier molecular flexibility index (Phi) is 2.86. The second-order valence-corrected chi connectivity index (χ2v) is 4.40. The van der Waals surface area contributed by atoms with E-state index in [0.717, 1.165) is 28.1 Å². The summed E-state index contributed by atoms with van der Waals surface area (Å²) in [5.41, 5.74) is 7.55. The molecule has 0 atom stereocenters. The third-order valence-electron chi connectivity index (χ3n) is 2.28. The van der Waals surface area contributed by atoms with Crippen LogP contribution in [0.15, 0.2) is 16.5 Å². The molecule has 0 aliphatic rings. The highest BCUT2D eigenvalue weighted by molar-refractivity contribution is 7.99. The van der Waals surface area contributed by atoms with Crippen molar-refractivity contribution in [2.75, 3.05) is 5.73 Å². The molecule has 2 aromatic heterocycles. The van der Waals surface area contributed by atoms with E-state index < -0.39 is 0 Å². The number of hydrogen-bond donors (Lipinski definition) is 1. The van der Waals surface area contributed by atoms with E-state index in [1.165, 1.54) is 11.8 Å². The predicted octanol–water partition coefficient (Wildman–Crippen LogP) is 1.07. The summed E-state index contributed by atoms with van der Waals surface area (Å²) in [5.74, 6) is 0. The van der Waals surface area contributed by atoms with Crippen LogP contribution in [0.25, 0.3) is 0 Å². The minimum absolute atomic E-state index is 0.717. The van der Waals surface area contributed by atoms with Crippen molar-refractivity contribution in [3.8, 4) is 0 Å². The maximum absolute atomic E-state index is 5.98. The largest absolute Gasteiger partial charge is 0.395 e. The molecule has 2 aromatic rings. The third-order valence-corrected chi connectivity index (χ3v) is 3.46. The van der Waals surface area contributed by atoms with Gasteiger partial charge in [-0.25, -0.2) is 0 Å². The average molecular weight is 238 g/mol. The lowest BCUT2D eigenvalue weighted by atomic mass is 10.4. The Balaban J connectivity index is 2.37. The van der Waals surface area contributed by atoms with Gasteiger partial charge in [-0.3, -0.25) is 4.68 Å². The average Bonchev–Trinajstić information content (AvgIpc) is 2.78. The van der Waals surface area contributed by atoms with Crippen molar-refractivity contribution in [3.05, 3.63) is 12.0 Å². The van der Waals surface area contributed by atoms with Crippen LogP contribution in [0.4, 0.5) is 5.69 Å². The fraction of sp³-hybridized carbons (Fsp3) is 0.444. The van der Waals surface area contributed by atoms with E-state index in [4.69, 9.17) is 5.73 Å². The molecule has 0 spiro atoms. The summed E-state index contributed by atoms with van der Waals surface area (Å²) < 4.78 is 3.73. The van der Waals surface area contributed by atoms with Gasteiger partial charge in [-0.15, -0.1) is 10.2 Å². The van der Waals surface area contributed by atoms with E-state index in [-0.39, 0.29) is 0 Å². The Morgan fingerprint density at radius 1 is 1.50 bits per heavy atom. The first-order chi connectivity index (χ1) is 7.63. The number of rotatable bonds is 3. The molecule has 0 aliphatic heterocycles. The molecule has 7 heteroatoms. The minimum atomic E-state index is 0.717. The molecule has 0 saturated carbocycles. The quantitative estimate of drug-likeness (QED) is 0.865. The van der Waals surface area contributed by atoms with Crippen LogP contribution in [-0.2, 0) is 13.6 Å². The molecule has 0 unspecified atom stereocenters. The first-order valence-electron chi connectivity index (χ1n) is 4.98. The number of nitrogens with zero attached hydrogens (tertiary/aromatic N) is 5. The van der Waals surface area contributed by atoms with Crippen LogP contribution in [-0.4, -0.2) is 24.5 Å². The van der Waals surface area contributed by atoms with Gasteiger partial charge in [0.1, 0.15) is 11.4 Å². The Morgan fingerprint density at radius 3 is 2.81 bits per heavy atom. The van der Waals surface area contributed by atoms with Crippen LogP contribution < -0.4 is 5.73 Å². The van der Waals surface area contributed by atoms with E-state index in [1.807, 2.05) is 30.1 Å². The Labute approximate surface area is 97.8 Å². The van der Waals surface area contributed by atoms with Crippen molar-refractivity contribution in [2.24, 2.45) is 7.05 Å². The van der Waals surface area contributed by atoms with E-state index in [0.29, 0.717) is 0 Å². The molecule has 0 radical (unpaired) electrons. The lowest BCUT2D eigenvalue weighted by molar-refractivity contribution is 0.600. The summed E-state index contributed by atoms with van der Waals surface area (Å²) >= 11 is 1.48. The molecule has 86 valence electrons. The van der Waals surface area contributed by atoms with Gasteiger partial charge in [0.05, 0.1) is 11.4 Å². The zero-order chi connectivity index (χ0) is 11.7. The van der Waals surface area contributed by atoms with E-state index in [2.05, 4.69) is 15.3 Å². The van der Waals surface area contributed by atoms with Crippen molar-refractivity contribution < 1.29 is 0 Å². The first kappa shape index (κ1) is 11.0. The second-order valence-electron chi connectivity index (χ2n) is 3.45. The number of hydrogen-bond acceptors (Lipinski definition) is 5. The highest BCUT2D eigenvalue weighted by Crippen LogP contribution is 2.32. The maximum atomic E-state index is 5.98. The van der Waals surface area contributed by atoms with Crippen LogP contribution in [0.1, 0.15) is 12.6 Å². The summed E-state index contributed by atoms with van der Waals surface area (Å²) in [6.45, 7) is 4.73. The van der Waals surface area contributed by atoms with Gasteiger partial charge in [0.25, 0.3) is 0 Å². The summed E-state index contributed by atoms with van der Waals surface area (Å²) in [7, 11) is 1.90. The summed E-state index contributed by atoms with van der Waals surface area (Å²) in [5, 5.41) is 13.9. The SMILES string of the molecule is CCn1nc(C)c(N)c1Sc1nncn1C. The normalized spacial score (nSPS) is 10.9. The lowest BCUT2D eigenvalue weighted by Gasteiger charge is -2.04. The Morgan fingerprint density at radius 2 is 2.25 bits per heavy atom. The van der Waals surface area contributed by atoms with Gasteiger partial charge in [-0.1, -0.05) is 0 Å². The smallest absolute Gasteiger partial charge is 0.197 e. The summed E-state index contributed by atoms with van der Waals surface area (Å²) in [6, 6.07) is 0. The standard InChI is InChI=1S/C9H14N6S/c1-4-15-8(7(10)6(2)13-15)16-9-12-11-5-14(9)3/h5H,4,10H2,1-3H3. The fourth-order valence-electron chi connectivity index (χ4n) is 1.35. The number of aryl methyl sites for hydroxylation is 3. The molecular formula is C9H14N6S. The molecule has 0 amide bonds. The molecule has 0 bridgehead atoms. The fourth-order valence-corrected chi connectivity index (χ4v) is 2.33. The molecule has 2 heterocycles. The van der Waals surface area contributed by atoms with Crippen molar-refractivity contribution in [1.82, 2.24) is 24.5 Å². The number of nitrogens with two attached hydrogens (primary N) is 1. The second kappa shape index (κ2) is 4.17. The van der Waals surface area contributed by atoms with Crippen LogP contribution in [0.5, 0.6) is 0 Å². The van der Waals surface area contributed by atoms with Gasteiger partial charge < -0.3 is 10.3 Å². The van der Waals surface area contributed by atoms with Gasteiger partial charge in [-0.2, -0.15) is 5.10 Å². The topological polar surface area (TPSA) is 74.6 Å². The molecule has 0 saturated heterocycles. The van der Waals surface area contributed by atoms with Gasteiger partial charge >= 0.3 is 0 Å². The van der Waals surface area contributed by atoms with Crippen molar-refractivity contribution in [2.45, 2.75) is 30.6 Å². The number of anilines is 1. The van der Waals surface area contributed by atoms with Crippen molar-refractivity contribution in [3.63, 3.8) is 0 Å². The summed E-state index contributed by atoms with van der Waals surface area (Å²) in [6.07, 6.45) is 1.66. The highest BCUT2D eigenvalue weighted by Gasteiger charge is 2.15. The minimum Gasteiger partial charge on any atom is -0.395 e.